The molecule has 0 radical (unpaired) electrons. The topological polar surface area (TPSA) is 58.4 Å². The van der Waals surface area contributed by atoms with Crippen LogP contribution in [0.5, 0.6) is 0 Å². The second kappa shape index (κ2) is 5.83. The Kier molecular flexibility index (Phi) is 4.33. The zero-order valence-electron chi connectivity index (χ0n) is 12.7. The summed E-state index contributed by atoms with van der Waals surface area (Å²) < 4.78 is 0. The van der Waals surface area contributed by atoms with Gasteiger partial charge in [-0.2, -0.15) is 0 Å². The third-order valence-electron chi connectivity index (χ3n) is 4.25. The number of hydrogen-bond acceptors (Lipinski definition) is 3. The predicted octanol–water partition coefficient (Wildman–Crippen LogP) is 2.93. The molecule has 0 bridgehead atoms. The highest BCUT2D eigenvalue weighted by Gasteiger charge is 2.26. The maximum Gasteiger partial charge on any atom is 0.254 e. The summed E-state index contributed by atoms with van der Waals surface area (Å²) in [6, 6.07) is 5.62. The van der Waals surface area contributed by atoms with E-state index in [2.05, 4.69) is 19.3 Å². The number of anilines is 1. The molecule has 0 aliphatic carbocycles. The zero-order valence-corrected chi connectivity index (χ0v) is 12.7. The molecule has 1 aromatic carbocycles. The minimum Gasteiger partial charge on any atom is -0.339 e. The molecule has 1 fully saturated rings. The minimum absolute atomic E-state index is 0.142. The van der Waals surface area contributed by atoms with Crippen molar-refractivity contribution in [3.05, 3.63) is 29.3 Å². The van der Waals surface area contributed by atoms with E-state index >= 15 is 0 Å². The van der Waals surface area contributed by atoms with Gasteiger partial charge in [-0.15, -0.1) is 0 Å². The molecule has 1 amide bonds. The Morgan fingerprint density at radius 2 is 2.05 bits per heavy atom. The SMILES string of the molecule is Cc1cc(NN)ccc1C(=O)N1CCCC(C)(C)CC1. The Balaban J connectivity index is 2.15. The summed E-state index contributed by atoms with van der Waals surface area (Å²) in [5.74, 6) is 5.54. The lowest BCUT2D eigenvalue weighted by Crippen LogP contribution is -2.32. The molecular formula is C16H25N3O. The first kappa shape index (κ1) is 14.9. The fraction of sp³-hybridized carbons (Fsp3) is 0.562. The van der Waals surface area contributed by atoms with Crippen LogP contribution in [0.15, 0.2) is 18.2 Å². The number of benzene rings is 1. The van der Waals surface area contributed by atoms with Gasteiger partial charge in [-0.05, 0) is 55.4 Å². The van der Waals surface area contributed by atoms with Crippen LogP contribution in [-0.2, 0) is 0 Å². The molecule has 0 saturated carbocycles. The van der Waals surface area contributed by atoms with Crippen molar-refractivity contribution in [2.45, 2.75) is 40.0 Å². The normalized spacial score (nSPS) is 18.5. The van der Waals surface area contributed by atoms with E-state index in [1.54, 1.807) is 0 Å². The van der Waals surface area contributed by atoms with E-state index in [0.29, 0.717) is 5.41 Å². The second-order valence-electron chi connectivity index (χ2n) is 6.48. The number of carbonyl (C=O) groups is 1. The number of nitrogens with two attached hydrogens (primary N) is 1. The monoisotopic (exact) mass is 275 g/mol. The quantitative estimate of drug-likeness (QED) is 0.644. The van der Waals surface area contributed by atoms with Gasteiger partial charge in [-0.3, -0.25) is 10.6 Å². The zero-order chi connectivity index (χ0) is 14.8. The average Bonchev–Trinajstić information content (AvgIpc) is 2.59. The molecule has 1 heterocycles. The number of likely N-dealkylation sites (tertiary alicyclic amines) is 1. The number of hydrogen-bond donors (Lipinski definition) is 2. The maximum atomic E-state index is 12.7. The van der Waals surface area contributed by atoms with Crippen molar-refractivity contribution in [3.8, 4) is 0 Å². The van der Waals surface area contributed by atoms with Gasteiger partial charge in [0, 0.05) is 24.3 Å². The summed E-state index contributed by atoms with van der Waals surface area (Å²) >= 11 is 0. The molecule has 20 heavy (non-hydrogen) atoms. The highest BCUT2D eigenvalue weighted by atomic mass is 16.2. The van der Waals surface area contributed by atoms with Crippen LogP contribution in [-0.4, -0.2) is 23.9 Å². The third-order valence-corrected chi connectivity index (χ3v) is 4.25. The fourth-order valence-electron chi connectivity index (χ4n) is 2.79. The molecular weight excluding hydrogens is 250 g/mol. The Morgan fingerprint density at radius 3 is 2.70 bits per heavy atom. The number of carbonyl (C=O) groups excluding carboxylic acids is 1. The van der Waals surface area contributed by atoms with E-state index in [1.165, 1.54) is 6.42 Å². The molecule has 0 aromatic heterocycles. The van der Waals surface area contributed by atoms with Crippen LogP contribution in [0, 0.1) is 12.3 Å². The Bertz CT molecular complexity index is 496. The van der Waals surface area contributed by atoms with Crippen molar-refractivity contribution < 1.29 is 4.79 Å². The highest BCUT2D eigenvalue weighted by molar-refractivity contribution is 5.96. The van der Waals surface area contributed by atoms with Crippen LogP contribution in [0.25, 0.3) is 0 Å². The highest BCUT2D eigenvalue weighted by Crippen LogP contribution is 2.30. The first-order valence-corrected chi connectivity index (χ1v) is 7.29. The standard InChI is InChI=1S/C16H25N3O/c1-12-11-13(18-17)5-6-14(12)15(20)19-9-4-7-16(2,3)8-10-19/h5-6,11,18H,4,7-10,17H2,1-3H3. The minimum atomic E-state index is 0.142. The summed E-state index contributed by atoms with van der Waals surface area (Å²) in [5, 5.41) is 0. The first-order chi connectivity index (χ1) is 9.43. The summed E-state index contributed by atoms with van der Waals surface area (Å²) in [6.45, 7) is 8.23. The Hall–Kier alpha value is -1.55. The first-order valence-electron chi connectivity index (χ1n) is 7.29. The summed E-state index contributed by atoms with van der Waals surface area (Å²) in [7, 11) is 0. The van der Waals surface area contributed by atoms with E-state index in [4.69, 9.17) is 5.84 Å². The largest absolute Gasteiger partial charge is 0.339 e. The number of hydrazine groups is 1. The number of nitrogens with one attached hydrogen (secondary N) is 1. The average molecular weight is 275 g/mol. The second-order valence-corrected chi connectivity index (χ2v) is 6.48. The number of amides is 1. The molecule has 1 aliphatic heterocycles. The van der Waals surface area contributed by atoms with Gasteiger partial charge < -0.3 is 10.3 Å². The molecule has 0 atom stereocenters. The molecule has 4 heteroatoms. The molecule has 110 valence electrons. The lowest BCUT2D eigenvalue weighted by Gasteiger charge is -2.24. The smallest absolute Gasteiger partial charge is 0.254 e. The van der Waals surface area contributed by atoms with Crippen LogP contribution in [0.2, 0.25) is 0 Å². The number of nitrogen functional groups attached to an aromatic ring is 1. The van der Waals surface area contributed by atoms with Crippen molar-refractivity contribution in [1.29, 1.82) is 0 Å². The fourth-order valence-corrected chi connectivity index (χ4v) is 2.79. The lowest BCUT2D eigenvalue weighted by atomic mass is 9.85. The maximum absolute atomic E-state index is 12.7. The van der Waals surface area contributed by atoms with Gasteiger partial charge in [0.25, 0.3) is 5.91 Å². The van der Waals surface area contributed by atoms with Crippen molar-refractivity contribution in [2.24, 2.45) is 11.3 Å². The van der Waals surface area contributed by atoms with Gasteiger partial charge in [0.15, 0.2) is 0 Å². The van der Waals surface area contributed by atoms with Crippen LogP contribution < -0.4 is 11.3 Å². The van der Waals surface area contributed by atoms with E-state index in [0.717, 1.165) is 42.7 Å². The summed E-state index contributed by atoms with van der Waals surface area (Å²) in [6.07, 6.45) is 3.34. The van der Waals surface area contributed by atoms with Gasteiger partial charge in [-0.25, -0.2) is 0 Å². The van der Waals surface area contributed by atoms with Gasteiger partial charge >= 0.3 is 0 Å². The van der Waals surface area contributed by atoms with Crippen molar-refractivity contribution >= 4 is 11.6 Å². The molecule has 2 rings (SSSR count). The number of nitrogens with zero attached hydrogens (tertiary/aromatic N) is 1. The molecule has 0 unspecified atom stereocenters. The summed E-state index contributed by atoms with van der Waals surface area (Å²) in [5.41, 5.74) is 5.53. The van der Waals surface area contributed by atoms with Crippen LogP contribution in [0.4, 0.5) is 5.69 Å². The van der Waals surface area contributed by atoms with Gasteiger partial charge in [-0.1, -0.05) is 13.8 Å². The van der Waals surface area contributed by atoms with E-state index < -0.39 is 0 Å². The Labute approximate surface area is 121 Å². The summed E-state index contributed by atoms with van der Waals surface area (Å²) in [4.78, 5) is 14.7. The number of rotatable bonds is 2. The van der Waals surface area contributed by atoms with Gasteiger partial charge in [0.2, 0.25) is 0 Å². The predicted molar refractivity (Wildman–Crippen MR) is 82.5 cm³/mol. The molecule has 1 aliphatic rings. The third kappa shape index (κ3) is 3.31. The van der Waals surface area contributed by atoms with Crippen molar-refractivity contribution in [3.63, 3.8) is 0 Å². The molecule has 1 saturated heterocycles. The van der Waals surface area contributed by atoms with Crippen LogP contribution in [0.3, 0.4) is 0 Å². The van der Waals surface area contributed by atoms with Crippen LogP contribution >= 0.6 is 0 Å². The van der Waals surface area contributed by atoms with E-state index in [-0.39, 0.29) is 5.91 Å². The molecule has 4 nitrogen and oxygen atoms in total. The van der Waals surface area contributed by atoms with Crippen molar-refractivity contribution in [1.82, 2.24) is 4.90 Å². The molecule has 3 N–H and O–H groups in total. The number of aryl methyl sites for hydroxylation is 1. The van der Waals surface area contributed by atoms with E-state index in [1.807, 2.05) is 30.0 Å². The van der Waals surface area contributed by atoms with E-state index in [9.17, 15) is 4.79 Å². The van der Waals surface area contributed by atoms with Crippen molar-refractivity contribution in [2.75, 3.05) is 18.5 Å². The van der Waals surface area contributed by atoms with Gasteiger partial charge in [0.05, 0.1) is 0 Å². The van der Waals surface area contributed by atoms with Gasteiger partial charge in [0.1, 0.15) is 0 Å². The van der Waals surface area contributed by atoms with Crippen LogP contribution in [0.1, 0.15) is 49.0 Å². The molecule has 0 spiro atoms. The molecule has 1 aromatic rings. The lowest BCUT2D eigenvalue weighted by molar-refractivity contribution is 0.0756. The Morgan fingerprint density at radius 1 is 1.30 bits per heavy atom.